The van der Waals surface area contributed by atoms with Crippen LogP contribution in [0.15, 0.2) is 48.5 Å². The van der Waals surface area contributed by atoms with Crippen LogP contribution >= 0.6 is 23.2 Å². The molecule has 1 atom stereocenters. The quantitative estimate of drug-likeness (QED) is 0.898. The van der Waals surface area contributed by atoms with E-state index in [4.69, 9.17) is 27.9 Å². The first-order valence-electron chi connectivity index (χ1n) is 5.94. The van der Waals surface area contributed by atoms with Gasteiger partial charge in [0.1, 0.15) is 5.75 Å². The van der Waals surface area contributed by atoms with Crippen LogP contribution in [0.3, 0.4) is 0 Å². The first-order chi connectivity index (χ1) is 9.20. The van der Waals surface area contributed by atoms with Crippen molar-refractivity contribution in [1.82, 2.24) is 0 Å². The van der Waals surface area contributed by atoms with Gasteiger partial charge in [0.2, 0.25) is 0 Å². The van der Waals surface area contributed by atoms with Crippen molar-refractivity contribution in [2.24, 2.45) is 0 Å². The molecule has 0 radical (unpaired) electrons. The minimum Gasteiger partial charge on any atom is -0.493 e. The Morgan fingerprint density at radius 3 is 2.32 bits per heavy atom. The van der Waals surface area contributed by atoms with E-state index in [0.29, 0.717) is 16.7 Å². The molecule has 0 heterocycles. The first-order valence-corrected chi connectivity index (χ1v) is 6.70. The molecule has 0 aromatic heterocycles. The Kier molecular flexibility index (Phi) is 5.08. The summed E-state index contributed by atoms with van der Waals surface area (Å²) in [6.07, 6.45) is 0. The Morgan fingerprint density at radius 2 is 1.68 bits per heavy atom. The summed E-state index contributed by atoms with van der Waals surface area (Å²) in [5, 5.41) is 10.8. The molecule has 2 rings (SSSR count). The van der Waals surface area contributed by atoms with Crippen molar-refractivity contribution in [2.75, 3.05) is 13.2 Å². The molecule has 0 saturated carbocycles. The van der Waals surface area contributed by atoms with Crippen LogP contribution in [0.2, 0.25) is 10.0 Å². The summed E-state index contributed by atoms with van der Waals surface area (Å²) in [5.41, 5.74) is 0.889. The Morgan fingerprint density at radius 1 is 1.00 bits per heavy atom. The van der Waals surface area contributed by atoms with Crippen molar-refractivity contribution < 1.29 is 9.84 Å². The van der Waals surface area contributed by atoms with Crippen LogP contribution in [-0.4, -0.2) is 18.3 Å². The average molecular weight is 297 g/mol. The lowest BCUT2D eigenvalue weighted by atomic mass is 10.0. The summed E-state index contributed by atoms with van der Waals surface area (Å²) in [7, 11) is 0. The third-order valence-corrected chi connectivity index (χ3v) is 3.43. The molecule has 0 aliphatic heterocycles. The summed E-state index contributed by atoms with van der Waals surface area (Å²) in [4.78, 5) is 0. The first kappa shape index (κ1) is 14.2. The molecule has 0 bridgehead atoms. The summed E-state index contributed by atoms with van der Waals surface area (Å²) in [6, 6.07) is 14.6. The smallest absolute Gasteiger partial charge is 0.119 e. The van der Waals surface area contributed by atoms with Gasteiger partial charge in [-0.2, -0.15) is 0 Å². The van der Waals surface area contributed by atoms with Crippen LogP contribution in [0.4, 0.5) is 0 Å². The lowest BCUT2D eigenvalue weighted by Gasteiger charge is -2.17. The standard InChI is InChI=1S/C15H14Cl2O2/c16-12-5-7-13(8-6-12)19-10-11(9-18)14-3-1-2-4-15(14)17/h1-8,11,18H,9-10H2. The molecule has 0 amide bonds. The monoisotopic (exact) mass is 296 g/mol. The number of benzene rings is 2. The molecule has 0 fully saturated rings. The van der Waals surface area contributed by atoms with Crippen molar-refractivity contribution in [2.45, 2.75) is 5.92 Å². The van der Waals surface area contributed by atoms with Crippen molar-refractivity contribution in [3.8, 4) is 5.75 Å². The fourth-order valence-corrected chi connectivity index (χ4v) is 2.19. The molecule has 1 N–H and O–H groups in total. The van der Waals surface area contributed by atoms with Crippen LogP contribution in [0.5, 0.6) is 5.75 Å². The van der Waals surface area contributed by atoms with Crippen molar-refractivity contribution >= 4 is 23.2 Å². The normalized spacial score (nSPS) is 12.2. The average Bonchev–Trinajstić information content (AvgIpc) is 2.43. The Bertz CT molecular complexity index is 526. The van der Waals surface area contributed by atoms with E-state index in [1.165, 1.54) is 0 Å². The molecule has 4 heteroatoms. The molecular weight excluding hydrogens is 283 g/mol. The second-order valence-corrected chi connectivity index (χ2v) is 5.01. The van der Waals surface area contributed by atoms with E-state index < -0.39 is 0 Å². The molecule has 100 valence electrons. The van der Waals surface area contributed by atoms with Crippen molar-refractivity contribution in [1.29, 1.82) is 0 Å². The van der Waals surface area contributed by atoms with E-state index in [-0.39, 0.29) is 12.5 Å². The van der Waals surface area contributed by atoms with Gasteiger partial charge in [0.05, 0.1) is 13.2 Å². The van der Waals surface area contributed by atoms with Crippen molar-refractivity contribution in [3.05, 3.63) is 64.1 Å². The molecule has 1 unspecified atom stereocenters. The van der Waals surface area contributed by atoms with Gasteiger partial charge in [-0.3, -0.25) is 0 Å². The largest absolute Gasteiger partial charge is 0.493 e. The summed E-state index contributed by atoms with van der Waals surface area (Å²) < 4.78 is 5.65. The molecule has 19 heavy (non-hydrogen) atoms. The predicted octanol–water partition coefficient (Wildman–Crippen LogP) is 4.15. The van der Waals surface area contributed by atoms with Crippen molar-refractivity contribution in [3.63, 3.8) is 0 Å². The molecule has 2 aromatic rings. The fraction of sp³-hybridized carbons (Fsp3) is 0.200. The highest BCUT2D eigenvalue weighted by Gasteiger charge is 2.14. The Balaban J connectivity index is 2.04. The number of aliphatic hydroxyl groups excluding tert-OH is 1. The van der Waals surface area contributed by atoms with Crippen LogP contribution in [0.1, 0.15) is 11.5 Å². The van der Waals surface area contributed by atoms with Gasteiger partial charge in [0, 0.05) is 16.0 Å². The molecule has 0 aliphatic rings. The van der Waals surface area contributed by atoms with Crippen LogP contribution in [-0.2, 0) is 0 Å². The van der Waals surface area contributed by atoms with E-state index in [2.05, 4.69) is 0 Å². The third kappa shape index (κ3) is 3.87. The third-order valence-electron chi connectivity index (χ3n) is 2.83. The number of ether oxygens (including phenoxy) is 1. The number of halogens is 2. The zero-order valence-electron chi connectivity index (χ0n) is 10.2. The van der Waals surface area contributed by atoms with Crippen LogP contribution in [0.25, 0.3) is 0 Å². The number of hydrogen-bond donors (Lipinski definition) is 1. The summed E-state index contributed by atoms with van der Waals surface area (Å²) >= 11 is 11.9. The number of aliphatic hydroxyl groups is 1. The van der Waals surface area contributed by atoms with E-state index in [1.54, 1.807) is 24.3 Å². The molecule has 2 aromatic carbocycles. The second-order valence-electron chi connectivity index (χ2n) is 4.17. The van der Waals surface area contributed by atoms with Crippen LogP contribution < -0.4 is 4.74 Å². The zero-order valence-corrected chi connectivity index (χ0v) is 11.7. The minimum absolute atomic E-state index is 0.0165. The van der Waals surface area contributed by atoms with Gasteiger partial charge in [-0.1, -0.05) is 41.4 Å². The van der Waals surface area contributed by atoms with Gasteiger partial charge in [0.25, 0.3) is 0 Å². The van der Waals surface area contributed by atoms with Gasteiger partial charge in [0.15, 0.2) is 0 Å². The molecular formula is C15H14Cl2O2. The van der Waals surface area contributed by atoms with Gasteiger partial charge in [-0.05, 0) is 35.9 Å². The zero-order chi connectivity index (χ0) is 13.7. The Labute approximate surface area is 122 Å². The maximum Gasteiger partial charge on any atom is 0.119 e. The maximum absolute atomic E-state index is 9.47. The lowest BCUT2D eigenvalue weighted by molar-refractivity contribution is 0.205. The van der Waals surface area contributed by atoms with Gasteiger partial charge < -0.3 is 9.84 Å². The highest BCUT2D eigenvalue weighted by atomic mass is 35.5. The fourth-order valence-electron chi connectivity index (χ4n) is 1.77. The summed E-state index contributed by atoms with van der Waals surface area (Å²) in [5.74, 6) is 0.569. The molecule has 2 nitrogen and oxygen atoms in total. The topological polar surface area (TPSA) is 29.5 Å². The highest BCUT2D eigenvalue weighted by Crippen LogP contribution is 2.25. The SMILES string of the molecule is OCC(COc1ccc(Cl)cc1)c1ccccc1Cl. The van der Waals surface area contributed by atoms with Gasteiger partial charge in [-0.25, -0.2) is 0 Å². The van der Waals surface area contributed by atoms with Gasteiger partial charge >= 0.3 is 0 Å². The van der Waals surface area contributed by atoms with Crippen LogP contribution in [0, 0.1) is 0 Å². The minimum atomic E-state index is -0.149. The number of rotatable bonds is 5. The molecule has 0 aliphatic carbocycles. The van der Waals surface area contributed by atoms with Gasteiger partial charge in [-0.15, -0.1) is 0 Å². The summed E-state index contributed by atoms with van der Waals surface area (Å²) in [6.45, 7) is 0.346. The molecule has 0 saturated heterocycles. The Hall–Kier alpha value is -1.22. The van der Waals surface area contributed by atoms with E-state index >= 15 is 0 Å². The highest BCUT2D eigenvalue weighted by molar-refractivity contribution is 6.31. The number of hydrogen-bond acceptors (Lipinski definition) is 2. The lowest BCUT2D eigenvalue weighted by Crippen LogP contribution is -2.14. The second kappa shape index (κ2) is 6.80. The van der Waals surface area contributed by atoms with E-state index in [9.17, 15) is 5.11 Å². The van der Waals surface area contributed by atoms with E-state index in [0.717, 1.165) is 11.3 Å². The maximum atomic E-state index is 9.47. The molecule has 0 spiro atoms. The van der Waals surface area contributed by atoms with E-state index in [1.807, 2.05) is 24.3 Å². The predicted molar refractivity (Wildman–Crippen MR) is 78.2 cm³/mol.